The highest BCUT2D eigenvalue weighted by Crippen LogP contribution is 2.57. The number of esters is 1. The lowest BCUT2D eigenvalue weighted by molar-refractivity contribution is -0.230. The third-order valence-electron chi connectivity index (χ3n) is 3.82. The number of hydrogen-bond acceptors (Lipinski definition) is 2. The highest BCUT2D eigenvalue weighted by molar-refractivity contribution is 5.83. The molecule has 1 spiro atoms. The van der Waals surface area contributed by atoms with Crippen molar-refractivity contribution in [3.63, 3.8) is 0 Å². The van der Waals surface area contributed by atoms with Crippen LogP contribution in [-0.4, -0.2) is 12.1 Å². The van der Waals surface area contributed by atoms with Gasteiger partial charge >= 0.3 is 5.97 Å². The molecule has 60 valence electrons. The van der Waals surface area contributed by atoms with Gasteiger partial charge in [0.15, 0.2) is 0 Å². The molecule has 2 heteroatoms. The number of carbonyl (C=O) groups is 1. The van der Waals surface area contributed by atoms with Gasteiger partial charge in [-0.3, -0.25) is 4.79 Å². The van der Waals surface area contributed by atoms with Crippen molar-refractivity contribution in [1.29, 1.82) is 0 Å². The van der Waals surface area contributed by atoms with E-state index in [1.165, 1.54) is 12.8 Å². The number of rotatable bonds is 0. The minimum atomic E-state index is 0.0226. The summed E-state index contributed by atoms with van der Waals surface area (Å²) < 4.78 is 5.13. The summed E-state index contributed by atoms with van der Waals surface area (Å²) in [5.41, 5.74) is 0.0226. The second kappa shape index (κ2) is 1.62. The smallest absolute Gasteiger partial charge is 0.316 e. The van der Waals surface area contributed by atoms with Crippen LogP contribution in [0, 0.1) is 11.3 Å². The van der Waals surface area contributed by atoms with Gasteiger partial charge in [0, 0.05) is 0 Å². The number of fused-ring (bicyclic) bond motifs is 2. The van der Waals surface area contributed by atoms with E-state index >= 15 is 0 Å². The van der Waals surface area contributed by atoms with E-state index in [0.29, 0.717) is 6.10 Å². The predicted molar refractivity (Wildman–Crippen MR) is 38.9 cm³/mol. The molecular formula is C9H12O2. The maximum absolute atomic E-state index is 11.2. The Labute approximate surface area is 65.9 Å². The Morgan fingerprint density at radius 2 is 2.09 bits per heavy atom. The quantitative estimate of drug-likeness (QED) is 0.491. The van der Waals surface area contributed by atoms with Crippen molar-refractivity contribution in [3.8, 4) is 0 Å². The van der Waals surface area contributed by atoms with E-state index in [0.717, 1.165) is 25.2 Å². The van der Waals surface area contributed by atoms with Crippen molar-refractivity contribution in [2.24, 2.45) is 11.3 Å². The van der Waals surface area contributed by atoms with E-state index in [9.17, 15) is 4.79 Å². The van der Waals surface area contributed by atoms with E-state index in [1.54, 1.807) is 0 Å². The fourth-order valence-corrected chi connectivity index (χ4v) is 2.96. The standard InChI is InChI=1S/C9H12O2/c10-8-9-3-1-6(2-4-9)5-7(9)11-8/h6-7H,1-5H2. The van der Waals surface area contributed by atoms with Gasteiger partial charge in [0.2, 0.25) is 0 Å². The van der Waals surface area contributed by atoms with Crippen LogP contribution >= 0.6 is 0 Å². The van der Waals surface area contributed by atoms with E-state index in [2.05, 4.69) is 0 Å². The Bertz CT molecular complexity index is 214. The monoisotopic (exact) mass is 152 g/mol. The summed E-state index contributed by atoms with van der Waals surface area (Å²) in [7, 11) is 0. The van der Waals surface area contributed by atoms with Gasteiger partial charge in [-0.1, -0.05) is 0 Å². The number of carbonyl (C=O) groups excluding carboxylic acids is 1. The van der Waals surface area contributed by atoms with Gasteiger partial charge in [-0.25, -0.2) is 0 Å². The molecule has 0 aromatic heterocycles. The van der Waals surface area contributed by atoms with Crippen molar-refractivity contribution >= 4 is 5.97 Å². The van der Waals surface area contributed by atoms with Crippen LogP contribution in [0.4, 0.5) is 0 Å². The Morgan fingerprint density at radius 3 is 2.55 bits per heavy atom. The maximum atomic E-state index is 11.2. The third kappa shape index (κ3) is 0.534. The van der Waals surface area contributed by atoms with Crippen LogP contribution in [0.15, 0.2) is 0 Å². The van der Waals surface area contributed by atoms with Crippen molar-refractivity contribution in [2.75, 3.05) is 0 Å². The molecular weight excluding hydrogens is 140 g/mol. The van der Waals surface area contributed by atoms with Crippen LogP contribution in [0.2, 0.25) is 0 Å². The molecule has 0 aromatic rings. The molecule has 4 fully saturated rings. The molecule has 1 aliphatic heterocycles. The predicted octanol–water partition coefficient (Wildman–Crippen LogP) is 1.49. The molecule has 1 saturated heterocycles. The molecule has 4 rings (SSSR count). The van der Waals surface area contributed by atoms with Gasteiger partial charge in [0.05, 0.1) is 0 Å². The zero-order chi connectivity index (χ0) is 7.47. The zero-order valence-electron chi connectivity index (χ0n) is 6.51. The van der Waals surface area contributed by atoms with Crippen LogP contribution in [0.3, 0.4) is 0 Å². The lowest BCUT2D eigenvalue weighted by atomic mass is 9.56. The first-order valence-corrected chi connectivity index (χ1v) is 4.52. The summed E-state index contributed by atoms with van der Waals surface area (Å²) in [4.78, 5) is 11.2. The lowest BCUT2D eigenvalue weighted by Crippen LogP contribution is -2.62. The topological polar surface area (TPSA) is 26.3 Å². The molecule has 1 atom stereocenters. The SMILES string of the molecule is O=C1OC2CC3CCC12CC3. The minimum Gasteiger partial charge on any atom is -0.461 e. The molecule has 0 radical (unpaired) electrons. The number of ether oxygens (including phenoxy) is 1. The first kappa shape index (κ1) is 6.04. The van der Waals surface area contributed by atoms with Crippen molar-refractivity contribution in [2.45, 2.75) is 38.2 Å². The molecule has 1 unspecified atom stereocenters. The molecule has 3 aliphatic carbocycles. The second-order valence-electron chi connectivity index (χ2n) is 4.23. The fraction of sp³-hybridized carbons (Fsp3) is 0.889. The van der Waals surface area contributed by atoms with Gasteiger partial charge in [-0.2, -0.15) is 0 Å². The summed E-state index contributed by atoms with van der Waals surface area (Å²) in [6, 6.07) is 0. The van der Waals surface area contributed by atoms with E-state index in [-0.39, 0.29) is 11.4 Å². The molecule has 0 aromatic carbocycles. The summed E-state index contributed by atoms with van der Waals surface area (Å²) >= 11 is 0. The van der Waals surface area contributed by atoms with Crippen LogP contribution in [0.5, 0.6) is 0 Å². The highest BCUT2D eigenvalue weighted by atomic mass is 16.6. The Morgan fingerprint density at radius 1 is 1.36 bits per heavy atom. The summed E-state index contributed by atoms with van der Waals surface area (Å²) in [5, 5.41) is 0. The Hall–Kier alpha value is -0.530. The van der Waals surface area contributed by atoms with E-state index in [1.807, 2.05) is 0 Å². The van der Waals surface area contributed by atoms with Crippen molar-refractivity contribution in [3.05, 3.63) is 0 Å². The summed E-state index contributed by atoms with van der Waals surface area (Å²) in [6.07, 6.45) is 6.24. The molecule has 2 nitrogen and oxygen atoms in total. The Kier molecular flexibility index (Phi) is 0.890. The van der Waals surface area contributed by atoms with Crippen molar-refractivity contribution in [1.82, 2.24) is 0 Å². The zero-order valence-corrected chi connectivity index (χ0v) is 6.51. The molecule has 2 bridgehead atoms. The summed E-state index contributed by atoms with van der Waals surface area (Å²) in [6.45, 7) is 0. The van der Waals surface area contributed by atoms with E-state index in [4.69, 9.17) is 4.74 Å². The van der Waals surface area contributed by atoms with Gasteiger partial charge in [-0.15, -0.1) is 0 Å². The van der Waals surface area contributed by atoms with Crippen LogP contribution in [0.1, 0.15) is 32.1 Å². The highest BCUT2D eigenvalue weighted by Gasteiger charge is 2.62. The molecule has 3 saturated carbocycles. The second-order valence-corrected chi connectivity index (χ2v) is 4.23. The maximum Gasteiger partial charge on any atom is 0.316 e. The average molecular weight is 152 g/mol. The summed E-state index contributed by atoms with van der Waals surface area (Å²) in [5.74, 6) is 0.968. The van der Waals surface area contributed by atoms with E-state index < -0.39 is 0 Å². The third-order valence-corrected chi connectivity index (χ3v) is 3.82. The minimum absolute atomic E-state index is 0.0226. The fourth-order valence-electron chi connectivity index (χ4n) is 2.96. The van der Waals surface area contributed by atoms with Crippen LogP contribution < -0.4 is 0 Å². The average Bonchev–Trinajstić information content (AvgIpc) is 2.05. The molecule has 4 aliphatic rings. The van der Waals surface area contributed by atoms with Crippen molar-refractivity contribution < 1.29 is 9.53 Å². The first-order valence-electron chi connectivity index (χ1n) is 4.52. The molecule has 11 heavy (non-hydrogen) atoms. The lowest BCUT2D eigenvalue weighted by Gasteiger charge is -2.56. The van der Waals surface area contributed by atoms with Crippen LogP contribution in [0.25, 0.3) is 0 Å². The van der Waals surface area contributed by atoms with Gasteiger partial charge in [0.1, 0.15) is 11.5 Å². The number of hydrogen-bond donors (Lipinski definition) is 0. The molecule has 0 N–H and O–H groups in total. The Balaban J connectivity index is 1.98. The molecule has 0 amide bonds. The first-order chi connectivity index (χ1) is 5.31. The van der Waals surface area contributed by atoms with Gasteiger partial charge in [0.25, 0.3) is 0 Å². The largest absolute Gasteiger partial charge is 0.461 e. The normalized spacial score (nSPS) is 52.9. The van der Waals surface area contributed by atoms with Gasteiger partial charge < -0.3 is 4.74 Å². The molecule has 1 heterocycles. The van der Waals surface area contributed by atoms with Crippen LogP contribution in [-0.2, 0) is 9.53 Å². The van der Waals surface area contributed by atoms with Gasteiger partial charge in [-0.05, 0) is 38.0 Å².